The second kappa shape index (κ2) is 5.60. The van der Waals surface area contributed by atoms with E-state index in [1.807, 2.05) is 23.9 Å². The molecule has 1 unspecified atom stereocenters. The summed E-state index contributed by atoms with van der Waals surface area (Å²) < 4.78 is 0. The van der Waals surface area contributed by atoms with Gasteiger partial charge in [0.15, 0.2) is 0 Å². The van der Waals surface area contributed by atoms with Gasteiger partial charge in [0, 0.05) is 17.0 Å². The summed E-state index contributed by atoms with van der Waals surface area (Å²) >= 11 is 2.05. The standard InChI is InChI=1S/C13H19NOS/c1-2-14-11-8-13(16-9-11)7-10-4-3-5-12(15)6-10/h3-6,11,13-15H,2,7-9H2,1H3/t11?,13-/m1/s1. The number of hydrogen-bond donors (Lipinski definition) is 2. The van der Waals surface area contributed by atoms with Gasteiger partial charge >= 0.3 is 0 Å². The molecule has 3 heteroatoms. The number of phenols is 1. The van der Waals surface area contributed by atoms with Crippen molar-refractivity contribution >= 4 is 11.8 Å². The summed E-state index contributed by atoms with van der Waals surface area (Å²) in [6, 6.07) is 8.30. The minimum Gasteiger partial charge on any atom is -0.508 e. The van der Waals surface area contributed by atoms with Crippen molar-refractivity contribution in [3.8, 4) is 5.75 Å². The van der Waals surface area contributed by atoms with Gasteiger partial charge in [0.2, 0.25) is 0 Å². The molecule has 1 aliphatic heterocycles. The average molecular weight is 237 g/mol. The van der Waals surface area contributed by atoms with E-state index in [9.17, 15) is 5.11 Å². The van der Waals surface area contributed by atoms with Crippen LogP contribution in [-0.2, 0) is 6.42 Å². The molecule has 1 saturated heterocycles. The number of hydrogen-bond acceptors (Lipinski definition) is 3. The lowest BCUT2D eigenvalue weighted by Crippen LogP contribution is -2.28. The zero-order valence-corrected chi connectivity index (χ0v) is 10.5. The normalized spacial score (nSPS) is 24.8. The highest BCUT2D eigenvalue weighted by molar-refractivity contribution is 8.00. The molecule has 0 aromatic heterocycles. The van der Waals surface area contributed by atoms with Gasteiger partial charge in [-0.3, -0.25) is 0 Å². The summed E-state index contributed by atoms with van der Waals surface area (Å²) in [6.07, 6.45) is 2.31. The summed E-state index contributed by atoms with van der Waals surface area (Å²) in [5.74, 6) is 1.60. The molecular formula is C13H19NOS. The van der Waals surface area contributed by atoms with Crippen molar-refractivity contribution in [1.82, 2.24) is 5.32 Å². The van der Waals surface area contributed by atoms with Crippen LogP contribution < -0.4 is 5.32 Å². The maximum atomic E-state index is 9.40. The first-order chi connectivity index (χ1) is 7.78. The van der Waals surface area contributed by atoms with Gasteiger partial charge in [-0.15, -0.1) is 0 Å². The van der Waals surface area contributed by atoms with Crippen LogP contribution in [-0.4, -0.2) is 28.7 Å². The van der Waals surface area contributed by atoms with Crippen molar-refractivity contribution in [3.05, 3.63) is 29.8 Å². The Labute approximate surface area is 101 Å². The molecule has 0 bridgehead atoms. The Bertz CT molecular complexity index is 342. The summed E-state index contributed by atoms with van der Waals surface area (Å²) in [5.41, 5.74) is 1.25. The number of nitrogens with one attached hydrogen (secondary N) is 1. The Morgan fingerprint density at radius 2 is 2.38 bits per heavy atom. The van der Waals surface area contributed by atoms with Crippen LogP contribution in [0.5, 0.6) is 5.75 Å². The molecule has 88 valence electrons. The molecule has 0 aliphatic carbocycles. The van der Waals surface area contributed by atoms with Gasteiger partial charge in [-0.2, -0.15) is 11.8 Å². The molecule has 1 aromatic rings. The zero-order valence-electron chi connectivity index (χ0n) is 9.65. The topological polar surface area (TPSA) is 32.3 Å². The van der Waals surface area contributed by atoms with Crippen LogP contribution in [0.25, 0.3) is 0 Å². The van der Waals surface area contributed by atoms with E-state index < -0.39 is 0 Å². The molecule has 1 aliphatic rings. The van der Waals surface area contributed by atoms with Gasteiger partial charge in [-0.1, -0.05) is 19.1 Å². The molecule has 0 saturated carbocycles. The highest BCUT2D eigenvalue weighted by atomic mass is 32.2. The first-order valence-corrected chi connectivity index (χ1v) is 6.95. The minimum absolute atomic E-state index is 0.378. The Morgan fingerprint density at radius 3 is 3.12 bits per heavy atom. The number of benzene rings is 1. The lowest BCUT2D eigenvalue weighted by molar-refractivity contribution is 0.474. The van der Waals surface area contributed by atoms with E-state index in [0.717, 1.165) is 13.0 Å². The predicted octanol–water partition coefficient (Wildman–Crippen LogP) is 2.42. The van der Waals surface area contributed by atoms with E-state index in [0.29, 0.717) is 17.0 Å². The number of thioether (sulfide) groups is 1. The van der Waals surface area contributed by atoms with Crippen molar-refractivity contribution in [1.29, 1.82) is 0 Å². The van der Waals surface area contributed by atoms with E-state index in [2.05, 4.69) is 18.3 Å². The van der Waals surface area contributed by atoms with E-state index in [4.69, 9.17) is 0 Å². The maximum absolute atomic E-state index is 9.40. The lowest BCUT2D eigenvalue weighted by atomic mass is 10.1. The third-order valence-electron chi connectivity index (χ3n) is 2.95. The highest BCUT2D eigenvalue weighted by Crippen LogP contribution is 2.30. The largest absolute Gasteiger partial charge is 0.508 e. The SMILES string of the molecule is CCNC1CS[C@H](Cc2cccc(O)c2)C1. The fourth-order valence-electron chi connectivity index (χ4n) is 2.23. The van der Waals surface area contributed by atoms with Gasteiger partial charge < -0.3 is 10.4 Å². The fraction of sp³-hybridized carbons (Fsp3) is 0.538. The van der Waals surface area contributed by atoms with Crippen molar-refractivity contribution in [3.63, 3.8) is 0 Å². The van der Waals surface area contributed by atoms with Crippen LogP contribution in [0.4, 0.5) is 0 Å². The first kappa shape index (κ1) is 11.8. The molecule has 1 fully saturated rings. The fourth-order valence-corrected chi connectivity index (χ4v) is 3.66. The minimum atomic E-state index is 0.378. The Hall–Kier alpha value is -0.670. The Morgan fingerprint density at radius 1 is 1.50 bits per heavy atom. The number of rotatable bonds is 4. The second-order valence-electron chi connectivity index (χ2n) is 4.32. The summed E-state index contributed by atoms with van der Waals surface area (Å²) in [6.45, 7) is 3.22. The summed E-state index contributed by atoms with van der Waals surface area (Å²) in [7, 11) is 0. The Kier molecular flexibility index (Phi) is 4.13. The van der Waals surface area contributed by atoms with Crippen molar-refractivity contribution in [2.45, 2.75) is 31.1 Å². The third kappa shape index (κ3) is 3.16. The van der Waals surface area contributed by atoms with Crippen LogP contribution in [0.1, 0.15) is 18.9 Å². The second-order valence-corrected chi connectivity index (χ2v) is 5.65. The molecule has 2 N–H and O–H groups in total. The molecular weight excluding hydrogens is 218 g/mol. The van der Waals surface area contributed by atoms with Gasteiger partial charge in [0.25, 0.3) is 0 Å². The van der Waals surface area contributed by atoms with Gasteiger partial charge in [-0.05, 0) is 37.1 Å². The van der Waals surface area contributed by atoms with E-state index in [1.54, 1.807) is 6.07 Å². The predicted molar refractivity (Wildman–Crippen MR) is 70.1 cm³/mol. The third-order valence-corrected chi connectivity index (χ3v) is 4.37. The van der Waals surface area contributed by atoms with Crippen LogP contribution in [0.2, 0.25) is 0 Å². The van der Waals surface area contributed by atoms with E-state index >= 15 is 0 Å². The lowest BCUT2D eigenvalue weighted by Gasteiger charge is -2.11. The smallest absolute Gasteiger partial charge is 0.115 e. The van der Waals surface area contributed by atoms with Gasteiger partial charge in [-0.25, -0.2) is 0 Å². The van der Waals surface area contributed by atoms with Crippen LogP contribution >= 0.6 is 11.8 Å². The molecule has 1 heterocycles. The van der Waals surface area contributed by atoms with Crippen molar-refractivity contribution in [2.75, 3.05) is 12.3 Å². The quantitative estimate of drug-likeness (QED) is 0.843. The van der Waals surface area contributed by atoms with Crippen LogP contribution in [0.3, 0.4) is 0 Å². The van der Waals surface area contributed by atoms with Crippen LogP contribution in [0.15, 0.2) is 24.3 Å². The van der Waals surface area contributed by atoms with Crippen LogP contribution in [0, 0.1) is 0 Å². The zero-order chi connectivity index (χ0) is 11.4. The molecule has 16 heavy (non-hydrogen) atoms. The highest BCUT2D eigenvalue weighted by Gasteiger charge is 2.24. The van der Waals surface area contributed by atoms with Crippen molar-refractivity contribution < 1.29 is 5.11 Å². The first-order valence-electron chi connectivity index (χ1n) is 5.91. The van der Waals surface area contributed by atoms with E-state index in [-0.39, 0.29) is 0 Å². The molecule has 0 spiro atoms. The molecule has 1 aromatic carbocycles. The van der Waals surface area contributed by atoms with Gasteiger partial charge in [0.05, 0.1) is 0 Å². The van der Waals surface area contributed by atoms with E-state index in [1.165, 1.54) is 17.7 Å². The number of aromatic hydroxyl groups is 1. The molecule has 2 nitrogen and oxygen atoms in total. The van der Waals surface area contributed by atoms with Gasteiger partial charge in [0.1, 0.15) is 5.75 Å². The monoisotopic (exact) mass is 237 g/mol. The molecule has 0 radical (unpaired) electrons. The Balaban J connectivity index is 1.87. The number of phenolic OH excluding ortho intramolecular Hbond substituents is 1. The molecule has 0 amide bonds. The van der Waals surface area contributed by atoms with Crippen molar-refractivity contribution in [2.24, 2.45) is 0 Å². The summed E-state index contributed by atoms with van der Waals surface area (Å²) in [4.78, 5) is 0. The summed E-state index contributed by atoms with van der Waals surface area (Å²) in [5, 5.41) is 13.6. The molecule has 2 atom stereocenters. The average Bonchev–Trinajstić information content (AvgIpc) is 2.66. The maximum Gasteiger partial charge on any atom is 0.115 e. The molecule has 2 rings (SSSR count).